The summed E-state index contributed by atoms with van der Waals surface area (Å²) in [7, 11) is 1.62. The van der Waals surface area contributed by atoms with E-state index in [1.54, 1.807) is 43.4 Å². The van der Waals surface area contributed by atoms with Crippen LogP contribution in [0.5, 0.6) is 0 Å². The Labute approximate surface area is 175 Å². The van der Waals surface area contributed by atoms with Crippen molar-refractivity contribution in [1.29, 1.82) is 0 Å². The molecule has 2 heterocycles. The standard InChI is InChI=1S/C22H26N2O4S/c1-15-8-6-9-16(2)24(15)20(25)14-28-22(27)17-10-4-5-11-18(17)23(3)21(26)19-12-7-13-29-19/h4-5,7,10-13,15-16H,6,8-9,14H2,1-3H3. The average Bonchev–Trinajstić information content (AvgIpc) is 3.25. The van der Waals surface area contributed by atoms with Crippen LogP contribution in [0.1, 0.15) is 53.1 Å². The van der Waals surface area contributed by atoms with Crippen molar-refractivity contribution in [2.45, 2.75) is 45.2 Å². The number of ether oxygens (including phenoxy) is 1. The number of benzene rings is 1. The predicted molar refractivity (Wildman–Crippen MR) is 113 cm³/mol. The number of carbonyl (C=O) groups excluding carboxylic acids is 3. The van der Waals surface area contributed by atoms with Gasteiger partial charge in [-0.25, -0.2) is 4.79 Å². The minimum absolute atomic E-state index is 0.145. The summed E-state index contributed by atoms with van der Waals surface area (Å²) in [6, 6.07) is 10.6. The number of esters is 1. The van der Waals surface area contributed by atoms with E-state index in [4.69, 9.17) is 4.74 Å². The lowest BCUT2D eigenvalue weighted by Crippen LogP contribution is -2.49. The van der Waals surface area contributed by atoms with Crippen molar-refractivity contribution < 1.29 is 19.1 Å². The van der Waals surface area contributed by atoms with Gasteiger partial charge in [-0.15, -0.1) is 11.3 Å². The summed E-state index contributed by atoms with van der Waals surface area (Å²) < 4.78 is 5.34. The summed E-state index contributed by atoms with van der Waals surface area (Å²) in [5.41, 5.74) is 0.704. The molecule has 1 fully saturated rings. The Morgan fingerprint density at radius 3 is 2.45 bits per heavy atom. The molecule has 2 aromatic rings. The Bertz CT molecular complexity index is 871. The van der Waals surface area contributed by atoms with Gasteiger partial charge in [-0.2, -0.15) is 0 Å². The number of amides is 2. The number of para-hydroxylation sites is 1. The van der Waals surface area contributed by atoms with Crippen LogP contribution < -0.4 is 4.90 Å². The Morgan fingerprint density at radius 2 is 1.79 bits per heavy atom. The Kier molecular flexibility index (Phi) is 6.69. The van der Waals surface area contributed by atoms with Gasteiger partial charge in [0.2, 0.25) is 0 Å². The lowest BCUT2D eigenvalue weighted by atomic mass is 9.97. The largest absolute Gasteiger partial charge is 0.452 e. The fourth-order valence-electron chi connectivity index (χ4n) is 3.81. The highest BCUT2D eigenvalue weighted by atomic mass is 32.1. The number of nitrogens with zero attached hydrogens (tertiary/aromatic N) is 2. The molecule has 6 nitrogen and oxygen atoms in total. The van der Waals surface area contributed by atoms with Crippen LogP contribution in [0, 0.1) is 0 Å². The zero-order chi connectivity index (χ0) is 21.0. The summed E-state index contributed by atoms with van der Waals surface area (Å²) in [6.45, 7) is 3.75. The number of thiophene rings is 1. The van der Waals surface area contributed by atoms with Gasteiger partial charge in [-0.05, 0) is 56.7 Å². The van der Waals surface area contributed by atoms with E-state index < -0.39 is 5.97 Å². The highest BCUT2D eigenvalue weighted by Crippen LogP contribution is 2.25. The molecule has 29 heavy (non-hydrogen) atoms. The van der Waals surface area contributed by atoms with E-state index in [0.29, 0.717) is 10.6 Å². The molecular weight excluding hydrogens is 388 g/mol. The second-order valence-corrected chi connectivity index (χ2v) is 8.31. The maximum absolute atomic E-state index is 12.7. The molecule has 2 atom stereocenters. The van der Waals surface area contributed by atoms with Gasteiger partial charge >= 0.3 is 5.97 Å². The first-order valence-corrected chi connectivity index (χ1v) is 10.7. The topological polar surface area (TPSA) is 66.9 Å². The molecular formula is C22H26N2O4S. The third kappa shape index (κ3) is 4.67. The summed E-state index contributed by atoms with van der Waals surface area (Å²) in [4.78, 5) is 41.8. The molecule has 2 unspecified atom stereocenters. The van der Waals surface area contributed by atoms with Gasteiger partial charge in [0.05, 0.1) is 16.1 Å². The third-order valence-corrected chi connectivity index (χ3v) is 6.19. The molecule has 1 aromatic carbocycles. The minimum Gasteiger partial charge on any atom is -0.452 e. The molecule has 7 heteroatoms. The van der Waals surface area contributed by atoms with E-state index in [1.165, 1.54) is 16.2 Å². The highest BCUT2D eigenvalue weighted by Gasteiger charge is 2.30. The van der Waals surface area contributed by atoms with Crippen molar-refractivity contribution in [3.8, 4) is 0 Å². The van der Waals surface area contributed by atoms with Gasteiger partial charge in [-0.3, -0.25) is 9.59 Å². The maximum Gasteiger partial charge on any atom is 0.340 e. The molecule has 0 saturated carbocycles. The van der Waals surface area contributed by atoms with Gasteiger partial charge in [0.1, 0.15) is 0 Å². The normalized spacial score (nSPS) is 18.9. The van der Waals surface area contributed by atoms with E-state index in [1.807, 2.05) is 24.1 Å². The second kappa shape index (κ2) is 9.22. The summed E-state index contributed by atoms with van der Waals surface area (Å²) in [5, 5.41) is 1.83. The van der Waals surface area contributed by atoms with Crippen LogP contribution in [0.2, 0.25) is 0 Å². The number of rotatable bonds is 5. The van der Waals surface area contributed by atoms with Crippen molar-refractivity contribution in [3.63, 3.8) is 0 Å². The smallest absolute Gasteiger partial charge is 0.340 e. The predicted octanol–water partition coefficient (Wildman–Crippen LogP) is 3.97. The van der Waals surface area contributed by atoms with Crippen LogP contribution in [0.3, 0.4) is 0 Å². The fraction of sp³-hybridized carbons (Fsp3) is 0.409. The molecule has 3 rings (SSSR count). The molecule has 2 amide bonds. The second-order valence-electron chi connectivity index (χ2n) is 7.36. The number of hydrogen-bond acceptors (Lipinski definition) is 5. The average molecular weight is 415 g/mol. The lowest BCUT2D eigenvalue weighted by Gasteiger charge is -2.38. The molecule has 1 aliphatic heterocycles. The Balaban J connectivity index is 1.70. The molecule has 0 N–H and O–H groups in total. The quantitative estimate of drug-likeness (QED) is 0.695. The minimum atomic E-state index is -0.614. The first kappa shape index (κ1) is 21.0. The van der Waals surface area contributed by atoms with Crippen LogP contribution >= 0.6 is 11.3 Å². The van der Waals surface area contributed by atoms with Crippen LogP contribution in [0.15, 0.2) is 41.8 Å². The third-order valence-electron chi connectivity index (χ3n) is 5.33. The number of hydrogen-bond donors (Lipinski definition) is 0. The van der Waals surface area contributed by atoms with E-state index >= 15 is 0 Å². The van der Waals surface area contributed by atoms with E-state index in [2.05, 4.69) is 0 Å². The van der Waals surface area contributed by atoms with Crippen molar-refractivity contribution in [3.05, 3.63) is 52.2 Å². The number of carbonyl (C=O) groups is 3. The molecule has 154 valence electrons. The van der Waals surface area contributed by atoms with Crippen molar-refractivity contribution in [1.82, 2.24) is 4.90 Å². The number of piperidine rings is 1. The first-order chi connectivity index (χ1) is 13.9. The monoisotopic (exact) mass is 414 g/mol. The van der Waals surface area contributed by atoms with E-state index in [0.717, 1.165) is 19.3 Å². The van der Waals surface area contributed by atoms with Crippen molar-refractivity contribution in [2.75, 3.05) is 18.6 Å². The van der Waals surface area contributed by atoms with Gasteiger partial charge in [0, 0.05) is 19.1 Å². The molecule has 1 aliphatic rings. The number of likely N-dealkylation sites (tertiary alicyclic amines) is 1. The zero-order valence-electron chi connectivity index (χ0n) is 17.0. The molecule has 0 aliphatic carbocycles. The first-order valence-electron chi connectivity index (χ1n) is 9.79. The summed E-state index contributed by atoms with van der Waals surface area (Å²) in [6.07, 6.45) is 3.02. The SMILES string of the molecule is CC1CCCC(C)N1C(=O)COC(=O)c1ccccc1N(C)C(=O)c1cccs1. The van der Waals surface area contributed by atoms with Gasteiger partial charge in [-0.1, -0.05) is 18.2 Å². The Morgan fingerprint density at radius 1 is 1.10 bits per heavy atom. The summed E-state index contributed by atoms with van der Waals surface area (Å²) >= 11 is 1.34. The van der Waals surface area contributed by atoms with Crippen molar-refractivity contribution >= 4 is 34.8 Å². The van der Waals surface area contributed by atoms with Crippen LogP contribution in [0.25, 0.3) is 0 Å². The molecule has 1 saturated heterocycles. The highest BCUT2D eigenvalue weighted by molar-refractivity contribution is 7.12. The van der Waals surface area contributed by atoms with Gasteiger partial charge in [0.15, 0.2) is 6.61 Å². The van der Waals surface area contributed by atoms with Gasteiger partial charge in [0.25, 0.3) is 11.8 Å². The zero-order valence-corrected chi connectivity index (χ0v) is 17.8. The van der Waals surface area contributed by atoms with Crippen LogP contribution in [-0.2, 0) is 9.53 Å². The summed E-state index contributed by atoms with van der Waals surface area (Å²) in [5.74, 6) is -0.997. The maximum atomic E-state index is 12.7. The molecule has 0 bridgehead atoms. The van der Waals surface area contributed by atoms with Crippen molar-refractivity contribution in [2.24, 2.45) is 0 Å². The van der Waals surface area contributed by atoms with Crippen LogP contribution in [-0.4, -0.2) is 48.4 Å². The van der Waals surface area contributed by atoms with E-state index in [9.17, 15) is 14.4 Å². The Hall–Kier alpha value is -2.67. The van der Waals surface area contributed by atoms with E-state index in [-0.39, 0.29) is 36.1 Å². The van der Waals surface area contributed by atoms with Crippen LogP contribution in [0.4, 0.5) is 5.69 Å². The van der Waals surface area contributed by atoms with Gasteiger partial charge < -0.3 is 14.5 Å². The lowest BCUT2D eigenvalue weighted by molar-refractivity contribution is -0.140. The fourth-order valence-corrected chi connectivity index (χ4v) is 4.50. The molecule has 1 aromatic heterocycles. The number of anilines is 1. The molecule has 0 spiro atoms. The molecule has 0 radical (unpaired) electrons.